The number of hydrogen-bond donors (Lipinski definition) is 0. The zero-order valence-corrected chi connectivity index (χ0v) is 18.7. The first-order valence-corrected chi connectivity index (χ1v) is 12.3. The first kappa shape index (κ1) is 21.4. The van der Waals surface area contributed by atoms with E-state index in [1.807, 2.05) is 30.3 Å². The molecule has 1 fully saturated rings. The highest BCUT2D eigenvalue weighted by molar-refractivity contribution is 7.91. The summed E-state index contributed by atoms with van der Waals surface area (Å²) in [6, 6.07) is 13.3. The Morgan fingerprint density at radius 3 is 2.55 bits per heavy atom. The number of nitrogens with zero attached hydrogens (tertiary/aromatic N) is 1. The molecule has 4 rings (SSSR count). The van der Waals surface area contributed by atoms with Gasteiger partial charge in [0.2, 0.25) is 5.91 Å². The number of sulfone groups is 1. The van der Waals surface area contributed by atoms with Crippen LogP contribution in [0, 0.1) is 0 Å². The molecule has 31 heavy (non-hydrogen) atoms. The Kier molecular flexibility index (Phi) is 6.05. The van der Waals surface area contributed by atoms with Crippen molar-refractivity contribution < 1.29 is 22.4 Å². The number of ether oxygens (including phenoxy) is 1. The molecule has 7 heteroatoms. The average molecular weight is 442 g/mol. The zero-order chi connectivity index (χ0) is 22.0. The van der Waals surface area contributed by atoms with Crippen molar-refractivity contribution in [3.8, 4) is 5.75 Å². The summed E-state index contributed by atoms with van der Waals surface area (Å²) >= 11 is 0. The molecule has 1 unspecified atom stereocenters. The minimum Gasteiger partial charge on any atom is -0.497 e. The highest BCUT2D eigenvalue weighted by Gasteiger charge is 2.34. The normalized spacial score (nSPS) is 17.7. The summed E-state index contributed by atoms with van der Waals surface area (Å²) in [5, 5.41) is 0.832. The molecule has 2 aromatic carbocycles. The van der Waals surface area contributed by atoms with Gasteiger partial charge in [-0.25, -0.2) is 8.42 Å². The monoisotopic (exact) mass is 441 g/mol. The van der Waals surface area contributed by atoms with Crippen LogP contribution in [0.15, 0.2) is 53.1 Å². The standard InChI is InChI=1S/C24H27NO5S/c1-3-17-4-6-18(7-5-17)14-25(20-10-11-31(27,28)16-20)24(26)12-19-15-30-23-9-8-21(29-2)13-22(19)23/h4-9,13,15,20H,3,10-12,14,16H2,1-2H3. The number of carbonyl (C=O) groups is 1. The third-order valence-electron chi connectivity index (χ3n) is 5.96. The molecular weight excluding hydrogens is 414 g/mol. The molecule has 164 valence electrons. The maximum atomic E-state index is 13.4. The molecule has 2 heterocycles. The summed E-state index contributed by atoms with van der Waals surface area (Å²) in [6.45, 7) is 2.49. The Bertz CT molecular complexity index is 1180. The molecule has 1 aromatic heterocycles. The lowest BCUT2D eigenvalue weighted by atomic mass is 10.1. The van der Waals surface area contributed by atoms with Gasteiger partial charge in [0.05, 0.1) is 31.3 Å². The molecule has 3 aromatic rings. The van der Waals surface area contributed by atoms with Crippen molar-refractivity contribution in [3.05, 3.63) is 65.4 Å². The summed E-state index contributed by atoms with van der Waals surface area (Å²) in [5.74, 6) is 0.734. The van der Waals surface area contributed by atoms with Crippen LogP contribution in [0.25, 0.3) is 11.0 Å². The van der Waals surface area contributed by atoms with Crippen LogP contribution in [0.2, 0.25) is 0 Å². The molecule has 0 bridgehead atoms. The number of rotatable bonds is 7. The lowest BCUT2D eigenvalue weighted by molar-refractivity contribution is -0.133. The van der Waals surface area contributed by atoms with Crippen LogP contribution in [0.4, 0.5) is 0 Å². The maximum absolute atomic E-state index is 13.4. The Labute approximate surface area is 182 Å². The summed E-state index contributed by atoms with van der Waals surface area (Å²) in [7, 11) is -1.52. The number of benzene rings is 2. The molecule has 1 aliphatic rings. The summed E-state index contributed by atoms with van der Waals surface area (Å²) in [4.78, 5) is 15.1. The van der Waals surface area contributed by atoms with Gasteiger partial charge in [0.15, 0.2) is 9.84 Å². The molecule has 0 radical (unpaired) electrons. The van der Waals surface area contributed by atoms with Crippen LogP contribution in [-0.2, 0) is 34.0 Å². The fourth-order valence-corrected chi connectivity index (χ4v) is 5.84. The van der Waals surface area contributed by atoms with Gasteiger partial charge in [-0.05, 0) is 42.2 Å². The molecular formula is C24H27NO5S. The van der Waals surface area contributed by atoms with Gasteiger partial charge < -0.3 is 14.1 Å². The summed E-state index contributed by atoms with van der Waals surface area (Å²) < 4.78 is 35.1. The van der Waals surface area contributed by atoms with E-state index in [0.717, 1.165) is 22.9 Å². The van der Waals surface area contributed by atoms with E-state index in [-0.39, 0.29) is 29.9 Å². The number of carbonyl (C=O) groups excluding carboxylic acids is 1. The molecule has 0 spiro atoms. The Morgan fingerprint density at radius 1 is 1.16 bits per heavy atom. The van der Waals surface area contributed by atoms with Crippen LogP contribution >= 0.6 is 0 Å². The number of furan rings is 1. The van der Waals surface area contributed by atoms with Crippen molar-refractivity contribution in [2.24, 2.45) is 0 Å². The maximum Gasteiger partial charge on any atom is 0.227 e. The predicted molar refractivity (Wildman–Crippen MR) is 120 cm³/mol. The molecule has 1 aliphatic heterocycles. The molecule has 0 N–H and O–H groups in total. The highest BCUT2D eigenvalue weighted by atomic mass is 32.2. The predicted octanol–water partition coefficient (Wildman–Crippen LogP) is 3.76. The second-order valence-electron chi connectivity index (χ2n) is 8.05. The summed E-state index contributed by atoms with van der Waals surface area (Å²) in [5.41, 5.74) is 3.68. The van der Waals surface area contributed by atoms with Crippen molar-refractivity contribution in [2.75, 3.05) is 18.6 Å². The highest BCUT2D eigenvalue weighted by Crippen LogP contribution is 2.28. The Morgan fingerprint density at radius 2 is 1.90 bits per heavy atom. The smallest absolute Gasteiger partial charge is 0.227 e. The average Bonchev–Trinajstić information content (AvgIpc) is 3.34. The second-order valence-corrected chi connectivity index (χ2v) is 10.3. The van der Waals surface area contributed by atoms with E-state index in [4.69, 9.17) is 9.15 Å². The van der Waals surface area contributed by atoms with E-state index >= 15 is 0 Å². The van der Waals surface area contributed by atoms with E-state index in [1.165, 1.54) is 5.56 Å². The van der Waals surface area contributed by atoms with E-state index in [1.54, 1.807) is 18.3 Å². The van der Waals surface area contributed by atoms with Crippen molar-refractivity contribution in [3.63, 3.8) is 0 Å². The summed E-state index contributed by atoms with van der Waals surface area (Å²) in [6.07, 6.45) is 3.16. The van der Waals surface area contributed by atoms with Crippen molar-refractivity contribution in [1.29, 1.82) is 0 Å². The number of amides is 1. The fraction of sp³-hybridized carbons (Fsp3) is 0.375. The van der Waals surface area contributed by atoms with Gasteiger partial charge in [0, 0.05) is 23.5 Å². The minimum atomic E-state index is -3.11. The van der Waals surface area contributed by atoms with Crippen molar-refractivity contribution >= 4 is 26.7 Å². The fourth-order valence-electron chi connectivity index (χ4n) is 4.11. The number of aryl methyl sites for hydroxylation is 1. The van der Waals surface area contributed by atoms with Gasteiger partial charge in [0.1, 0.15) is 11.3 Å². The largest absolute Gasteiger partial charge is 0.497 e. The van der Waals surface area contributed by atoms with E-state index in [2.05, 4.69) is 19.1 Å². The minimum absolute atomic E-state index is 0.0196. The molecule has 1 atom stereocenters. The zero-order valence-electron chi connectivity index (χ0n) is 17.8. The molecule has 0 aliphatic carbocycles. The van der Waals surface area contributed by atoms with E-state index in [9.17, 15) is 13.2 Å². The van der Waals surface area contributed by atoms with E-state index in [0.29, 0.717) is 24.3 Å². The number of methoxy groups -OCH3 is 1. The number of fused-ring (bicyclic) bond motifs is 1. The van der Waals surface area contributed by atoms with Crippen LogP contribution in [0.3, 0.4) is 0 Å². The Hall–Kier alpha value is -2.80. The van der Waals surface area contributed by atoms with Gasteiger partial charge in [-0.2, -0.15) is 0 Å². The SMILES string of the molecule is CCc1ccc(CN(C(=O)Cc2coc3ccc(OC)cc23)C2CCS(=O)(=O)C2)cc1. The number of hydrogen-bond acceptors (Lipinski definition) is 5. The molecule has 6 nitrogen and oxygen atoms in total. The van der Waals surface area contributed by atoms with Crippen molar-refractivity contribution in [1.82, 2.24) is 4.90 Å². The van der Waals surface area contributed by atoms with Crippen molar-refractivity contribution in [2.45, 2.75) is 38.8 Å². The van der Waals surface area contributed by atoms with Gasteiger partial charge in [-0.15, -0.1) is 0 Å². The quantitative estimate of drug-likeness (QED) is 0.558. The van der Waals surface area contributed by atoms with Crippen LogP contribution in [0.5, 0.6) is 5.75 Å². The molecule has 1 amide bonds. The third-order valence-corrected chi connectivity index (χ3v) is 7.71. The van der Waals surface area contributed by atoms with Crippen LogP contribution < -0.4 is 4.74 Å². The van der Waals surface area contributed by atoms with E-state index < -0.39 is 9.84 Å². The van der Waals surface area contributed by atoms with Gasteiger partial charge in [-0.3, -0.25) is 4.79 Å². The van der Waals surface area contributed by atoms with Crippen LogP contribution in [-0.4, -0.2) is 43.9 Å². The van der Waals surface area contributed by atoms with Gasteiger partial charge in [-0.1, -0.05) is 31.2 Å². The van der Waals surface area contributed by atoms with Gasteiger partial charge in [0.25, 0.3) is 0 Å². The first-order chi connectivity index (χ1) is 14.9. The molecule has 1 saturated heterocycles. The third kappa shape index (κ3) is 4.77. The lowest BCUT2D eigenvalue weighted by Gasteiger charge is -2.28. The topological polar surface area (TPSA) is 76.8 Å². The lowest BCUT2D eigenvalue weighted by Crippen LogP contribution is -2.41. The van der Waals surface area contributed by atoms with Gasteiger partial charge >= 0.3 is 0 Å². The first-order valence-electron chi connectivity index (χ1n) is 10.5. The second kappa shape index (κ2) is 8.75. The molecule has 0 saturated carbocycles. The Balaban J connectivity index is 1.60. The van der Waals surface area contributed by atoms with Crippen LogP contribution in [0.1, 0.15) is 30.0 Å².